The van der Waals surface area contributed by atoms with Gasteiger partial charge in [0.2, 0.25) is 0 Å². The molecule has 0 heterocycles. The lowest BCUT2D eigenvalue weighted by Crippen LogP contribution is -2.45. The van der Waals surface area contributed by atoms with Crippen LogP contribution in [-0.2, 0) is 0 Å². The van der Waals surface area contributed by atoms with Gasteiger partial charge in [0.15, 0.2) is 5.11 Å². The number of nitrogens with one attached hydrogen (secondary N) is 2. The van der Waals surface area contributed by atoms with Crippen LogP contribution < -0.4 is 15.4 Å². The Morgan fingerprint density at radius 3 is 2.82 bits per heavy atom. The van der Waals surface area contributed by atoms with Gasteiger partial charge in [-0.1, -0.05) is 32.3 Å². The van der Waals surface area contributed by atoms with Crippen molar-refractivity contribution in [1.29, 1.82) is 0 Å². The number of hydrogen-bond donors (Lipinski definition) is 2. The fraction of sp³-hybridized carbons (Fsp3) is 0.529. The largest absolute Gasteiger partial charge is 0.494 e. The number of benzene rings is 1. The molecule has 0 radical (unpaired) electrons. The summed E-state index contributed by atoms with van der Waals surface area (Å²) in [6.07, 6.45) is 6.93. The zero-order valence-electron chi connectivity index (χ0n) is 13.1. The van der Waals surface area contributed by atoms with Crippen molar-refractivity contribution in [3.63, 3.8) is 0 Å². The van der Waals surface area contributed by atoms with Gasteiger partial charge in [0, 0.05) is 11.6 Å². The summed E-state index contributed by atoms with van der Waals surface area (Å²) >= 11 is 5.24. The average Bonchev–Trinajstić information content (AvgIpc) is 2.54. The summed E-state index contributed by atoms with van der Waals surface area (Å²) < 4.78 is 5.54. The van der Waals surface area contributed by atoms with E-state index in [-0.39, 0.29) is 5.91 Å². The second-order valence-corrected chi connectivity index (χ2v) is 6.05. The van der Waals surface area contributed by atoms with Gasteiger partial charge in [-0.05, 0) is 49.7 Å². The molecule has 120 valence electrons. The van der Waals surface area contributed by atoms with Crippen molar-refractivity contribution in [3.05, 3.63) is 29.8 Å². The molecule has 1 fully saturated rings. The van der Waals surface area contributed by atoms with Crippen LogP contribution in [0.4, 0.5) is 0 Å². The Balaban J connectivity index is 1.86. The third-order valence-corrected chi connectivity index (χ3v) is 3.96. The maximum absolute atomic E-state index is 12.2. The van der Waals surface area contributed by atoms with E-state index in [4.69, 9.17) is 17.0 Å². The summed E-state index contributed by atoms with van der Waals surface area (Å²) in [5.41, 5.74) is 0.557. The predicted molar refractivity (Wildman–Crippen MR) is 92.3 cm³/mol. The molecular formula is C17H24N2O2S. The minimum Gasteiger partial charge on any atom is -0.494 e. The second kappa shape index (κ2) is 8.73. The smallest absolute Gasteiger partial charge is 0.257 e. The van der Waals surface area contributed by atoms with Crippen LogP contribution in [-0.4, -0.2) is 23.7 Å². The van der Waals surface area contributed by atoms with E-state index in [1.54, 1.807) is 12.1 Å². The molecule has 0 unspecified atom stereocenters. The van der Waals surface area contributed by atoms with E-state index in [0.29, 0.717) is 29.1 Å². The highest BCUT2D eigenvalue weighted by molar-refractivity contribution is 7.80. The normalized spacial score (nSPS) is 15.1. The van der Waals surface area contributed by atoms with Crippen molar-refractivity contribution in [3.8, 4) is 5.75 Å². The highest BCUT2D eigenvalue weighted by Crippen LogP contribution is 2.17. The maximum atomic E-state index is 12.2. The average molecular weight is 320 g/mol. The van der Waals surface area contributed by atoms with Gasteiger partial charge in [-0.25, -0.2) is 0 Å². The summed E-state index contributed by atoms with van der Waals surface area (Å²) in [6.45, 7) is 2.69. The summed E-state index contributed by atoms with van der Waals surface area (Å²) in [6, 6.07) is 7.56. The molecule has 1 aliphatic rings. The third kappa shape index (κ3) is 5.30. The lowest BCUT2D eigenvalue weighted by Gasteiger charge is -2.24. The molecule has 1 saturated carbocycles. The molecule has 1 amide bonds. The number of rotatable bonds is 5. The monoisotopic (exact) mass is 320 g/mol. The number of amides is 1. The zero-order chi connectivity index (χ0) is 15.8. The molecule has 5 heteroatoms. The molecule has 1 aromatic carbocycles. The molecule has 0 spiro atoms. The van der Waals surface area contributed by atoms with E-state index in [1.807, 2.05) is 19.1 Å². The Kier molecular flexibility index (Phi) is 6.65. The van der Waals surface area contributed by atoms with Gasteiger partial charge < -0.3 is 10.1 Å². The summed E-state index contributed by atoms with van der Waals surface area (Å²) in [7, 11) is 0. The van der Waals surface area contributed by atoms with E-state index in [1.165, 1.54) is 19.3 Å². The van der Waals surface area contributed by atoms with Crippen molar-refractivity contribution in [1.82, 2.24) is 10.6 Å². The van der Waals surface area contributed by atoms with E-state index in [9.17, 15) is 4.79 Å². The molecule has 0 aromatic heterocycles. The molecule has 1 aromatic rings. The Labute approximate surface area is 137 Å². The summed E-state index contributed by atoms with van der Waals surface area (Å²) in [5.74, 6) is 0.510. The van der Waals surface area contributed by atoms with Crippen molar-refractivity contribution < 1.29 is 9.53 Å². The standard InChI is InChI=1S/C17H24N2O2S/c1-2-11-21-15-10-6-7-13(12-15)16(20)19-17(22)18-14-8-4-3-5-9-14/h6-7,10,12,14H,2-5,8-9,11H2,1H3,(H2,18,19,20,22). The predicted octanol–water partition coefficient (Wildman–Crippen LogP) is 3.41. The van der Waals surface area contributed by atoms with Gasteiger partial charge in [-0.3, -0.25) is 10.1 Å². The number of carbonyl (C=O) groups excluding carboxylic acids is 1. The first-order chi connectivity index (χ1) is 10.7. The molecule has 22 heavy (non-hydrogen) atoms. The van der Waals surface area contributed by atoms with Gasteiger partial charge in [-0.2, -0.15) is 0 Å². The van der Waals surface area contributed by atoms with Crippen molar-refractivity contribution >= 4 is 23.2 Å². The minimum atomic E-state index is -0.199. The van der Waals surface area contributed by atoms with Crippen LogP contribution >= 0.6 is 12.2 Å². The van der Waals surface area contributed by atoms with Gasteiger partial charge in [0.1, 0.15) is 5.75 Å². The van der Waals surface area contributed by atoms with Crippen LogP contribution in [0.5, 0.6) is 5.75 Å². The first-order valence-corrected chi connectivity index (χ1v) is 8.44. The minimum absolute atomic E-state index is 0.199. The quantitative estimate of drug-likeness (QED) is 0.816. The van der Waals surface area contributed by atoms with Crippen LogP contribution in [0.3, 0.4) is 0 Å². The first kappa shape index (κ1) is 16.7. The third-order valence-electron chi connectivity index (χ3n) is 3.74. The van der Waals surface area contributed by atoms with Gasteiger partial charge in [-0.15, -0.1) is 0 Å². The Bertz CT molecular complexity index is 513. The molecule has 2 N–H and O–H groups in total. The van der Waals surface area contributed by atoms with Crippen LogP contribution in [0, 0.1) is 0 Å². The van der Waals surface area contributed by atoms with E-state index >= 15 is 0 Å². The molecule has 0 bridgehead atoms. The van der Waals surface area contributed by atoms with Gasteiger partial charge in [0.05, 0.1) is 6.61 Å². The van der Waals surface area contributed by atoms with Gasteiger partial charge >= 0.3 is 0 Å². The fourth-order valence-corrected chi connectivity index (χ4v) is 2.85. The number of carbonyl (C=O) groups is 1. The SMILES string of the molecule is CCCOc1cccc(C(=O)NC(=S)NC2CCCCC2)c1. The number of hydrogen-bond acceptors (Lipinski definition) is 3. The molecule has 2 rings (SSSR count). The topological polar surface area (TPSA) is 50.4 Å². The second-order valence-electron chi connectivity index (χ2n) is 5.64. The van der Waals surface area contributed by atoms with Crippen molar-refractivity contribution in [2.45, 2.75) is 51.5 Å². The van der Waals surface area contributed by atoms with Crippen LogP contribution in [0.2, 0.25) is 0 Å². The van der Waals surface area contributed by atoms with Crippen LogP contribution in [0.25, 0.3) is 0 Å². The van der Waals surface area contributed by atoms with Crippen molar-refractivity contribution in [2.24, 2.45) is 0 Å². The lowest BCUT2D eigenvalue weighted by molar-refractivity contribution is 0.0976. The molecule has 4 nitrogen and oxygen atoms in total. The maximum Gasteiger partial charge on any atom is 0.257 e. The molecule has 0 saturated heterocycles. The van der Waals surface area contributed by atoms with Crippen molar-refractivity contribution in [2.75, 3.05) is 6.61 Å². The molecule has 0 aliphatic heterocycles. The van der Waals surface area contributed by atoms with E-state index in [0.717, 1.165) is 19.3 Å². The number of thiocarbonyl (C=S) groups is 1. The fourth-order valence-electron chi connectivity index (χ4n) is 2.59. The van der Waals surface area contributed by atoms with Crippen LogP contribution in [0.1, 0.15) is 55.8 Å². The number of ether oxygens (including phenoxy) is 1. The molecule has 0 atom stereocenters. The Morgan fingerprint density at radius 2 is 2.09 bits per heavy atom. The highest BCUT2D eigenvalue weighted by Gasteiger charge is 2.15. The Hall–Kier alpha value is -1.62. The van der Waals surface area contributed by atoms with E-state index < -0.39 is 0 Å². The lowest BCUT2D eigenvalue weighted by atomic mass is 9.96. The van der Waals surface area contributed by atoms with Crippen LogP contribution in [0.15, 0.2) is 24.3 Å². The molecule has 1 aliphatic carbocycles. The van der Waals surface area contributed by atoms with E-state index in [2.05, 4.69) is 10.6 Å². The highest BCUT2D eigenvalue weighted by atomic mass is 32.1. The van der Waals surface area contributed by atoms with Gasteiger partial charge in [0.25, 0.3) is 5.91 Å². The Morgan fingerprint density at radius 1 is 1.32 bits per heavy atom. The summed E-state index contributed by atoms with van der Waals surface area (Å²) in [4.78, 5) is 12.2. The molecular weight excluding hydrogens is 296 g/mol. The zero-order valence-corrected chi connectivity index (χ0v) is 13.9. The summed E-state index contributed by atoms with van der Waals surface area (Å²) in [5, 5.41) is 6.40. The first-order valence-electron chi connectivity index (χ1n) is 8.03.